The van der Waals surface area contributed by atoms with Gasteiger partial charge in [0.2, 0.25) is 15.9 Å². The standard InChI is InChI=1S/C20H27N3O3S/c1-21-14-16-5-4-12-23(15-16)20(24)10-11-22-27(25,26)19-9-8-17-6-2-3-7-18(17)13-19/h2-3,6-9,13,16,21-22H,4-5,10-12,14-15H2,1H3. The van der Waals surface area contributed by atoms with E-state index >= 15 is 0 Å². The monoisotopic (exact) mass is 389 g/mol. The average Bonchev–Trinajstić information content (AvgIpc) is 2.68. The first-order valence-corrected chi connectivity index (χ1v) is 10.9. The summed E-state index contributed by atoms with van der Waals surface area (Å²) in [7, 11) is -1.71. The number of nitrogens with zero attached hydrogens (tertiary/aromatic N) is 1. The van der Waals surface area contributed by atoms with Gasteiger partial charge in [-0.2, -0.15) is 0 Å². The second-order valence-corrected chi connectivity index (χ2v) is 8.83. The summed E-state index contributed by atoms with van der Waals surface area (Å²) < 4.78 is 27.6. The number of carbonyl (C=O) groups is 1. The molecule has 2 aromatic rings. The first-order chi connectivity index (χ1) is 13.0. The predicted octanol–water partition coefficient (Wildman–Crippen LogP) is 1.97. The number of amides is 1. The van der Waals surface area contributed by atoms with Crippen LogP contribution in [0.3, 0.4) is 0 Å². The molecule has 0 aliphatic carbocycles. The lowest BCUT2D eigenvalue weighted by Crippen LogP contribution is -2.43. The molecule has 146 valence electrons. The first-order valence-electron chi connectivity index (χ1n) is 9.40. The molecule has 6 nitrogen and oxygen atoms in total. The maximum Gasteiger partial charge on any atom is 0.240 e. The van der Waals surface area contributed by atoms with Crippen LogP contribution in [0.1, 0.15) is 19.3 Å². The number of fused-ring (bicyclic) bond motifs is 1. The Morgan fingerprint density at radius 1 is 1.19 bits per heavy atom. The van der Waals surface area contributed by atoms with Gasteiger partial charge in [0.05, 0.1) is 4.90 Å². The fourth-order valence-electron chi connectivity index (χ4n) is 3.62. The second-order valence-electron chi connectivity index (χ2n) is 7.06. The molecule has 0 radical (unpaired) electrons. The van der Waals surface area contributed by atoms with Crippen LogP contribution in [0.4, 0.5) is 0 Å². The molecule has 1 aliphatic rings. The van der Waals surface area contributed by atoms with Crippen molar-refractivity contribution in [1.29, 1.82) is 0 Å². The maximum absolute atomic E-state index is 12.5. The Labute approximate surface area is 161 Å². The lowest BCUT2D eigenvalue weighted by molar-refractivity contribution is -0.132. The predicted molar refractivity (Wildman–Crippen MR) is 107 cm³/mol. The van der Waals surface area contributed by atoms with E-state index in [9.17, 15) is 13.2 Å². The highest BCUT2D eigenvalue weighted by atomic mass is 32.2. The van der Waals surface area contributed by atoms with Crippen LogP contribution >= 0.6 is 0 Å². The number of hydrogen-bond donors (Lipinski definition) is 2. The Kier molecular flexibility index (Phi) is 6.46. The summed E-state index contributed by atoms with van der Waals surface area (Å²) in [6.07, 6.45) is 2.30. The van der Waals surface area contributed by atoms with Crippen LogP contribution in [0.2, 0.25) is 0 Å². The van der Waals surface area contributed by atoms with E-state index < -0.39 is 10.0 Å². The van der Waals surface area contributed by atoms with E-state index in [-0.39, 0.29) is 23.8 Å². The van der Waals surface area contributed by atoms with Crippen LogP contribution in [0.5, 0.6) is 0 Å². The third-order valence-corrected chi connectivity index (χ3v) is 6.49. The summed E-state index contributed by atoms with van der Waals surface area (Å²) >= 11 is 0. The number of likely N-dealkylation sites (tertiary alicyclic amines) is 1. The van der Waals surface area contributed by atoms with E-state index in [2.05, 4.69) is 10.0 Å². The Bertz CT molecular complexity index is 896. The van der Waals surface area contributed by atoms with E-state index in [1.54, 1.807) is 18.2 Å². The van der Waals surface area contributed by atoms with Crippen LogP contribution in [0, 0.1) is 5.92 Å². The molecule has 2 N–H and O–H groups in total. The molecule has 0 aromatic heterocycles. The van der Waals surface area contributed by atoms with Crippen LogP contribution in [-0.2, 0) is 14.8 Å². The van der Waals surface area contributed by atoms with Crippen molar-refractivity contribution >= 4 is 26.7 Å². The lowest BCUT2D eigenvalue weighted by atomic mass is 9.98. The van der Waals surface area contributed by atoms with Gasteiger partial charge in [0.15, 0.2) is 0 Å². The van der Waals surface area contributed by atoms with Crippen molar-refractivity contribution in [3.63, 3.8) is 0 Å². The minimum atomic E-state index is -3.63. The van der Waals surface area contributed by atoms with Crippen LogP contribution in [-0.4, -0.2) is 52.5 Å². The Morgan fingerprint density at radius 3 is 2.74 bits per heavy atom. The maximum atomic E-state index is 12.5. The molecule has 27 heavy (non-hydrogen) atoms. The zero-order valence-electron chi connectivity index (χ0n) is 15.6. The Morgan fingerprint density at radius 2 is 1.96 bits per heavy atom. The lowest BCUT2D eigenvalue weighted by Gasteiger charge is -2.32. The summed E-state index contributed by atoms with van der Waals surface area (Å²) in [6.45, 7) is 2.52. The summed E-state index contributed by atoms with van der Waals surface area (Å²) in [6, 6.07) is 12.7. The van der Waals surface area contributed by atoms with Crippen molar-refractivity contribution < 1.29 is 13.2 Å². The quantitative estimate of drug-likeness (QED) is 0.759. The third kappa shape index (κ3) is 5.06. The molecule has 1 heterocycles. The van der Waals surface area contributed by atoms with Gasteiger partial charge < -0.3 is 10.2 Å². The topological polar surface area (TPSA) is 78.5 Å². The minimum Gasteiger partial charge on any atom is -0.342 e. The van der Waals surface area contributed by atoms with Gasteiger partial charge in [-0.25, -0.2) is 13.1 Å². The van der Waals surface area contributed by atoms with Crippen LogP contribution < -0.4 is 10.0 Å². The number of rotatable bonds is 7. The van der Waals surface area contributed by atoms with E-state index in [1.807, 2.05) is 36.2 Å². The van der Waals surface area contributed by atoms with Crippen molar-refractivity contribution in [2.75, 3.05) is 33.2 Å². The van der Waals surface area contributed by atoms with Gasteiger partial charge in [-0.05, 0) is 55.3 Å². The van der Waals surface area contributed by atoms with Crippen molar-refractivity contribution in [2.24, 2.45) is 5.92 Å². The fourth-order valence-corrected chi connectivity index (χ4v) is 4.68. The van der Waals surface area contributed by atoms with E-state index in [4.69, 9.17) is 0 Å². The van der Waals surface area contributed by atoms with Crippen molar-refractivity contribution in [1.82, 2.24) is 14.9 Å². The fraction of sp³-hybridized carbons (Fsp3) is 0.450. The number of nitrogens with one attached hydrogen (secondary N) is 2. The highest BCUT2D eigenvalue weighted by molar-refractivity contribution is 7.89. The summed E-state index contributed by atoms with van der Waals surface area (Å²) in [5.74, 6) is 0.485. The molecular weight excluding hydrogens is 362 g/mol. The van der Waals surface area contributed by atoms with Gasteiger partial charge in [0, 0.05) is 26.1 Å². The summed E-state index contributed by atoms with van der Waals surface area (Å²) in [4.78, 5) is 14.5. The van der Waals surface area contributed by atoms with E-state index in [0.29, 0.717) is 5.92 Å². The Balaban J connectivity index is 1.56. The minimum absolute atomic E-state index is 0.0111. The zero-order valence-corrected chi connectivity index (χ0v) is 16.5. The van der Waals surface area contributed by atoms with Gasteiger partial charge in [-0.1, -0.05) is 30.3 Å². The number of carbonyl (C=O) groups excluding carboxylic acids is 1. The zero-order chi connectivity index (χ0) is 19.3. The van der Waals surface area contributed by atoms with Gasteiger partial charge in [0.25, 0.3) is 0 Å². The molecule has 2 aromatic carbocycles. The SMILES string of the molecule is CNCC1CCCN(C(=O)CCNS(=O)(=O)c2ccc3ccccc3c2)C1. The second kappa shape index (κ2) is 8.82. The molecule has 0 saturated carbocycles. The molecule has 1 atom stereocenters. The summed E-state index contributed by atoms with van der Waals surface area (Å²) in [5, 5.41) is 5.03. The van der Waals surface area contributed by atoms with Gasteiger partial charge in [-0.3, -0.25) is 4.79 Å². The normalized spacial score (nSPS) is 18.0. The molecule has 3 rings (SSSR count). The van der Waals surface area contributed by atoms with Gasteiger partial charge in [-0.15, -0.1) is 0 Å². The van der Waals surface area contributed by atoms with Crippen LogP contribution in [0.15, 0.2) is 47.4 Å². The number of sulfonamides is 1. The van der Waals surface area contributed by atoms with Crippen molar-refractivity contribution in [2.45, 2.75) is 24.2 Å². The highest BCUT2D eigenvalue weighted by Gasteiger charge is 2.23. The molecule has 0 bridgehead atoms. The average molecular weight is 390 g/mol. The molecule has 0 spiro atoms. The van der Waals surface area contributed by atoms with E-state index in [1.165, 1.54) is 0 Å². The van der Waals surface area contributed by atoms with Crippen molar-refractivity contribution in [3.05, 3.63) is 42.5 Å². The summed E-state index contributed by atoms with van der Waals surface area (Å²) in [5.41, 5.74) is 0. The van der Waals surface area contributed by atoms with E-state index in [0.717, 1.165) is 43.2 Å². The smallest absolute Gasteiger partial charge is 0.240 e. The molecule has 1 aliphatic heterocycles. The largest absolute Gasteiger partial charge is 0.342 e. The number of hydrogen-bond acceptors (Lipinski definition) is 4. The van der Waals surface area contributed by atoms with Crippen LogP contribution in [0.25, 0.3) is 10.8 Å². The number of piperidine rings is 1. The molecular formula is C20H27N3O3S. The third-order valence-electron chi connectivity index (χ3n) is 5.03. The number of benzene rings is 2. The molecule has 1 fully saturated rings. The molecule has 7 heteroatoms. The Hall–Kier alpha value is -1.96. The molecule has 1 amide bonds. The molecule has 1 unspecified atom stereocenters. The van der Waals surface area contributed by atoms with Gasteiger partial charge >= 0.3 is 0 Å². The van der Waals surface area contributed by atoms with Crippen molar-refractivity contribution in [3.8, 4) is 0 Å². The van der Waals surface area contributed by atoms with Gasteiger partial charge in [0.1, 0.15) is 0 Å². The molecule has 1 saturated heterocycles. The highest BCUT2D eigenvalue weighted by Crippen LogP contribution is 2.19. The first kappa shape index (κ1) is 19.8.